The van der Waals surface area contributed by atoms with Crippen molar-refractivity contribution in [2.75, 3.05) is 5.32 Å². The van der Waals surface area contributed by atoms with Crippen LogP contribution in [0.2, 0.25) is 0 Å². The highest BCUT2D eigenvalue weighted by Gasteiger charge is 2.31. The third-order valence-electron chi connectivity index (χ3n) is 2.91. The average Bonchev–Trinajstić information content (AvgIpc) is 2.86. The van der Waals surface area contributed by atoms with Crippen LogP contribution in [0.1, 0.15) is 30.2 Å². The molecule has 0 saturated carbocycles. The number of halogens is 3. The van der Waals surface area contributed by atoms with Crippen molar-refractivity contribution in [3.05, 3.63) is 34.8 Å². The van der Waals surface area contributed by atoms with Crippen molar-refractivity contribution < 1.29 is 23.1 Å². The van der Waals surface area contributed by atoms with Gasteiger partial charge in [-0.05, 0) is 24.1 Å². The Kier molecular flexibility index (Phi) is 4.41. The lowest BCUT2D eigenvalue weighted by molar-refractivity contribution is -0.137. The zero-order valence-corrected chi connectivity index (χ0v) is 12.5. The number of nitrogens with zero attached hydrogens (tertiary/aromatic N) is 1. The number of nitrogens with one attached hydrogen (secondary N) is 1. The molecule has 0 spiro atoms. The molecule has 118 valence electrons. The number of amides is 1. The van der Waals surface area contributed by atoms with Crippen LogP contribution in [0.5, 0.6) is 0 Å². The normalized spacial score (nSPS) is 11.7. The van der Waals surface area contributed by atoms with Crippen LogP contribution in [0.15, 0.2) is 24.4 Å². The number of carboxylic acid groups (broad SMARTS) is 1. The highest BCUT2D eigenvalue weighted by Crippen LogP contribution is 2.38. The quantitative estimate of drug-likeness (QED) is 0.828. The molecule has 0 unspecified atom stereocenters. The van der Waals surface area contributed by atoms with Gasteiger partial charge in [-0.2, -0.15) is 13.2 Å². The Hall–Kier alpha value is -2.09. The Morgan fingerprint density at radius 1 is 1.36 bits per heavy atom. The Morgan fingerprint density at radius 2 is 2.05 bits per heavy atom. The molecule has 2 N–H and O–H groups in total. The van der Waals surface area contributed by atoms with Crippen molar-refractivity contribution in [2.45, 2.75) is 25.9 Å². The number of alkyl halides is 3. The fraction of sp³-hybridized carbons (Fsp3) is 0.286. The molecule has 0 radical (unpaired) electrons. The molecular formula is C14H13F3N2O2S. The third-order valence-corrected chi connectivity index (χ3v) is 4.24. The molecule has 0 aliphatic heterocycles. The monoisotopic (exact) mass is 330 g/mol. The second kappa shape index (κ2) is 5.96. The molecule has 2 aromatic rings. The zero-order chi connectivity index (χ0) is 16.5. The molecule has 2 rings (SSSR count). The van der Waals surface area contributed by atoms with E-state index in [9.17, 15) is 18.0 Å². The maximum Gasteiger partial charge on any atom is 0.416 e. The van der Waals surface area contributed by atoms with Crippen LogP contribution in [0.25, 0.3) is 10.6 Å². The first-order chi connectivity index (χ1) is 10.2. The number of thiazole rings is 1. The Labute approximate surface area is 128 Å². The summed E-state index contributed by atoms with van der Waals surface area (Å²) in [6, 6.07) is 2.93. The molecule has 1 aromatic heterocycles. The number of anilines is 1. The Morgan fingerprint density at radius 3 is 2.55 bits per heavy atom. The minimum absolute atomic E-state index is 0.132. The second-order valence-corrected chi connectivity index (χ2v) is 5.97. The number of rotatable bonds is 3. The van der Waals surface area contributed by atoms with Crippen molar-refractivity contribution in [2.24, 2.45) is 0 Å². The second-order valence-electron chi connectivity index (χ2n) is 4.91. The lowest BCUT2D eigenvalue weighted by Gasteiger charge is -2.12. The SMILES string of the molecule is CC(C)c1cnc(-c2ccc(C(F)(F)F)cc2NC(=O)O)s1. The van der Waals surface area contributed by atoms with Crippen LogP contribution >= 0.6 is 11.3 Å². The summed E-state index contributed by atoms with van der Waals surface area (Å²) in [5.41, 5.74) is -0.722. The summed E-state index contributed by atoms with van der Waals surface area (Å²) in [5.74, 6) is 0.233. The molecule has 0 fully saturated rings. The van der Waals surface area contributed by atoms with E-state index in [2.05, 4.69) is 4.98 Å². The molecule has 1 aromatic carbocycles. The Balaban J connectivity index is 2.51. The summed E-state index contributed by atoms with van der Waals surface area (Å²) in [4.78, 5) is 16.0. The molecule has 1 heterocycles. The number of benzene rings is 1. The molecule has 1 amide bonds. The largest absolute Gasteiger partial charge is 0.465 e. The number of hydrogen-bond acceptors (Lipinski definition) is 3. The zero-order valence-electron chi connectivity index (χ0n) is 11.7. The van der Waals surface area contributed by atoms with Crippen molar-refractivity contribution in [3.8, 4) is 10.6 Å². The molecule has 0 aliphatic rings. The van der Waals surface area contributed by atoms with Gasteiger partial charge in [0.05, 0.1) is 11.3 Å². The molecule has 0 atom stereocenters. The minimum atomic E-state index is -4.54. The van der Waals surface area contributed by atoms with Gasteiger partial charge >= 0.3 is 12.3 Å². The van der Waals surface area contributed by atoms with E-state index >= 15 is 0 Å². The van der Waals surface area contributed by atoms with Crippen LogP contribution in [0, 0.1) is 0 Å². The van der Waals surface area contributed by atoms with Crippen molar-refractivity contribution >= 4 is 23.1 Å². The van der Waals surface area contributed by atoms with Crippen LogP contribution in [-0.2, 0) is 6.18 Å². The van der Waals surface area contributed by atoms with Crippen LogP contribution in [0.3, 0.4) is 0 Å². The first kappa shape index (κ1) is 16.3. The van der Waals surface area contributed by atoms with Gasteiger partial charge in [-0.15, -0.1) is 11.3 Å². The topological polar surface area (TPSA) is 62.2 Å². The van der Waals surface area contributed by atoms with Gasteiger partial charge in [-0.1, -0.05) is 13.8 Å². The molecule has 4 nitrogen and oxygen atoms in total. The summed E-state index contributed by atoms with van der Waals surface area (Å²) in [5, 5.41) is 11.3. The maximum absolute atomic E-state index is 12.8. The highest BCUT2D eigenvalue weighted by molar-refractivity contribution is 7.15. The van der Waals surface area contributed by atoms with Crippen molar-refractivity contribution in [1.82, 2.24) is 4.98 Å². The first-order valence-corrected chi connectivity index (χ1v) is 7.17. The van der Waals surface area contributed by atoms with E-state index < -0.39 is 17.8 Å². The molecule has 0 saturated heterocycles. The van der Waals surface area contributed by atoms with E-state index in [-0.39, 0.29) is 11.6 Å². The summed E-state index contributed by atoms with van der Waals surface area (Å²) >= 11 is 1.32. The number of aromatic nitrogens is 1. The van der Waals surface area contributed by atoms with E-state index in [0.29, 0.717) is 10.6 Å². The van der Waals surface area contributed by atoms with Crippen LogP contribution < -0.4 is 5.32 Å². The number of hydrogen-bond donors (Lipinski definition) is 2. The molecular weight excluding hydrogens is 317 g/mol. The molecule has 22 heavy (non-hydrogen) atoms. The summed E-state index contributed by atoms with van der Waals surface area (Å²) < 4.78 is 38.3. The van der Waals surface area contributed by atoms with Gasteiger partial charge in [0.1, 0.15) is 5.01 Å². The summed E-state index contributed by atoms with van der Waals surface area (Å²) in [6.45, 7) is 3.95. The van der Waals surface area contributed by atoms with Gasteiger partial charge < -0.3 is 5.11 Å². The lowest BCUT2D eigenvalue weighted by Crippen LogP contribution is -2.11. The number of carbonyl (C=O) groups is 1. The molecule has 0 bridgehead atoms. The summed E-state index contributed by atoms with van der Waals surface area (Å²) in [7, 11) is 0. The van der Waals surface area contributed by atoms with Gasteiger partial charge in [0.15, 0.2) is 0 Å². The predicted octanol–water partition coefficient (Wildman–Crippen LogP) is 5.04. The van der Waals surface area contributed by atoms with Gasteiger partial charge in [-0.25, -0.2) is 9.78 Å². The van der Waals surface area contributed by atoms with Gasteiger partial charge in [0, 0.05) is 16.6 Å². The fourth-order valence-electron chi connectivity index (χ4n) is 1.80. The molecule has 8 heteroatoms. The molecule has 0 aliphatic carbocycles. The fourth-order valence-corrected chi connectivity index (χ4v) is 2.76. The minimum Gasteiger partial charge on any atom is -0.465 e. The van der Waals surface area contributed by atoms with E-state index in [1.165, 1.54) is 17.4 Å². The highest BCUT2D eigenvalue weighted by atomic mass is 32.1. The predicted molar refractivity (Wildman–Crippen MR) is 78.3 cm³/mol. The van der Waals surface area contributed by atoms with Crippen LogP contribution in [-0.4, -0.2) is 16.2 Å². The third kappa shape index (κ3) is 3.56. The first-order valence-electron chi connectivity index (χ1n) is 6.35. The van der Waals surface area contributed by atoms with Gasteiger partial charge in [0.2, 0.25) is 0 Å². The van der Waals surface area contributed by atoms with E-state index in [1.807, 2.05) is 19.2 Å². The van der Waals surface area contributed by atoms with E-state index in [4.69, 9.17) is 5.11 Å². The van der Waals surface area contributed by atoms with Crippen LogP contribution in [0.4, 0.5) is 23.7 Å². The van der Waals surface area contributed by atoms with Gasteiger partial charge in [0.25, 0.3) is 0 Å². The van der Waals surface area contributed by atoms with E-state index in [1.54, 1.807) is 6.20 Å². The smallest absolute Gasteiger partial charge is 0.416 e. The average molecular weight is 330 g/mol. The van der Waals surface area contributed by atoms with E-state index in [0.717, 1.165) is 17.0 Å². The summed E-state index contributed by atoms with van der Waals surface area (Å²) in [6.07, 6.45) is -4.33. The Bertz CT molecular complexity index is 696. The van der Waals surface area contributed by atoms with Gasteiger partial charge in [-0.3, -0.25) is 5.32 Å². The van der Waals surface area contributed by atoms with Crippen molar-refractivity contribution in [3.63, 3.8) is 0 Å². The maximum atomic E-state index is 12.8. The van der Waals surface area contributed by atoms with Crippen molar-refractivity contribution in [1.29, 1.82) is 0 Å². The standard InChI is InChI=1S/C14H13F3N2O2S/c1-7(2)11-6-18-12(22-11)9-4-3-8(14(15,16)17)5-10(9)19-13(20)21/h3-7,19H,1-2H3,(H,20,21). The lowest BCUT2D eigenvalue weighted by atomic mass is 10.1.